The molecule has 2 fully saturated rings. The van der Waals surface area contributed by atoms with Crippen LogP contribution in [0.3, 0.4) is 0 Å². The lowest BCUT2D eigenvalue weighted by atomic mass is 9.90. The fraction of sp³-hybridized carbons (Fsp3) is 0.652. The molecule has 1 N–H and O–H groups in total. The van der Waals surface area contributed by atoms with E-state index in [-0.39, 0.29) is 5.41 Å². The first-order valence-electron chi connectivity index (χ1n) is 11.0. The van der Waals surface area contributed by atoms with Gasteiger partial charge in [0.2, 0.25) is 10.0 Å². The molecule has 31 heavy (non-hydrogen) atoms. The number of nitrogens with zero attached hydrogens (tertiary/aromatic N) is 1. The molecule has 2 heterocycles. The average Bonchev–Trinajstić information content (AvgIpc) is 3.51. The molecule has 4 rings (SSSR count). The van der Waals surface area contributed by atoms with E-state index >= 15 is 0 Å². The number of hydrogen-bond donors (Lipinski definition) is 1. The first kappa shape index (κ1) is 22.7. The minimum absolute atomic E-state index is 0.0637. The van der Waals surface area contributed by atoms with Gasteiger partial charge in [0.15, 0.2) is 0 Å². The summed E-state index contributed by atoms with van der Waals surface area (Å²) in [4.78, 5) is 0. The lowest BCUT2D eigenvalue weighted by Gasteiger charge is -2.23. The van der Waals surface area contributed by atoms with Crippen LogP contribution in [0.5, 0.6) is 0 Å². The van der Waals surface area contributed by atoms with Crippen molar-refractivity contribution in [2.24, 2.45) is 5.41 Å². The predicted molar refractivity (Wildman–Crippen MR) is 118 cm³/mol. The van der Waals surface area contributed by atoms with Crippen molar-refractivity contribution < 1.29 is 21.9 Å². The fourth-order valence-corrected chi connectivity index (χ4v) is 5.95. The van der Waals surface area contributed by atoms with E-state index in [1.54, 1.807) is 6.20 Å². The summed E-state index contributed by atoms with van der Waals surface area (Å²) in [6, 6.07) is 4.43. The van der Waals surface area contributed by atoms with E-state index in [1.807, 2.05) is 16.7 Å². The van der Waals surface area contributed by atoms with Crippen LogP contribution in [0.1, 0.15) is 69.5 Å². The van der Waals surface area contributed by atoms with E-state index in [2.05, 4.69) is 31.6 Å². The molecule has 1 aromatic carbocycles. The topological polar surface area (TPSA) is 60.3 Å². The van der Waals surface area contributed by atoms with Crippen molar-refractivity contribution in [3.05, 3.63) is 35.5 Å². The van der Waals surface area contributed by atoms with Crippen molar-refractivity contribution in [3.8, 4) is 0 Å². The number of alkyl halides is 2. The van der Waals surface area contributed by atoms with E-state index in [1.165, 1.54) is 5.56 Å². The van der Waals surface area contributed by atoms with E-state index in [0.29, 0.717) is 36.3 Å². The van der Waals surface area contributed by atoms with E-state index in [0.717, 1.165) is 31.6 Å². The van der Waals surface area contributed by atoms with Gasteiger partial charge in [-0.15, -0.1) is 0 Å². The molecule has 0 radical (unpaired) electrons. The molecule has 2 aromatic rings. The van der Waals surface area contributed by atoms with E-state index in [4.69, 9.17) is 4.74 Å². The third-order valence-corrected chi connectivity index (χ3v) is 8.05. The molecule has 8 heteroatoms. The van der Waals surface area contributed by atoms with Crippen LogP contribution < -0.4 is 4.72 Å². The number of halogens is 2. The summed E-state index contributed by atoms with van der Waals surface area (Å²) in [5, 5.41) is 0.139. The van der Waals surface area contributed by atoms with Gasteiger partial charge >= 0.3 is 0 Å². The van der Waals surface area contributed by atoms with Crippen molar-refractivity contribution in [1.82, 2.24) is 9.29 Å². The number of benzene rings is 1. The Morgan fingerprint density at radius 3 is 2.42 bits per heavy atom. The van der Waals surface area contributed by atoms with Crippen molar-refractivity contribution in [3.63, 3.8) is 0 Å². The quantitative estimate of drug-likeness (QED) is 0.643. The molecular formula is C23H32F2N2O3S. The molecule has 1 saturated carbocycles. The van der Waals surface area contributed by atoms with Crippen molar-refractivity contribution >= 4 is 20.9 Å². The highest BCUT2D eigenvalue weighted by atomic mass is 32.2. The van der Waals surface area contributed by atoms with Gasteiger partial charge in [-0.05, 0) is 48.6 Å². The standard InChI is InChI=1S/C23H32F2N2O3S/c1-23(2,3)14-27-13-19(21(22(24)25)26-31(28,29)17-5-6-17)18-7-4-16(12-20(18)27)15-8-10-30-11-9-15/h4,7,12-13,15,17,21-22,26H,5-6,8-11,14H2,1-3H3/t21-/m0/s1. The van der Waals surface area contributed by atoms with Gasteiger partial charge in [-0.1, -0.05) is 32.9 Å². The molecule has 1 aliphatic heterocycles. The Labute approximate surface area is 183 Å². The number of ether oxygens (including phenoxy) is 1. The first-order chi connectivity index (χ1) is 14.5. The Kier molecular flexibility index (Phi) is 6.18. The van der Waals surface area contributed by atoms with Gasteiger partial charge in [-0.3, -0.25) is 0 Å². The molecule has 1 aromatic heterocycles. The first-order valence-corrected chi connectivity index (χ1v) is 12.6. The second-order valence-corrected chi connectivity index (χ2v) is 12.1. The summed E-state index contributed by atoms with van der Waals surface area (Å²) >= 11 is 0. The smallest absolute Gasteiger partial charge is 0.258 e. The third-order valence-electron chi connectivity index (χ3n) is 6.12. The monoisotopic (exact) mass is 454 g/mol. The summed E-state index contributed by atoms with van der Waals surface area (Å²) in [7, 11) is -3.75. The van der Waals surface area contributed by atoms with Gasteiger partial charge in [0.1, 0.15) is 6.04 Å². The van der Waals surface area contributed by atoms with Crippen molar-refractivity contribution in [1.29, 1.82) is 0 Å². The van der Waals surface area contributed by atoms with Gasteiger partial charge in [-0.25, -0.2) is 21.9 Å². The molecule has 0 spiro atoms. The number of fused-ring (bicyclic) bond motifs is 1. The van der Waals surface area contributed by atoms with E-state index < -0.39 is 27.7 Å². The molecule has 0 bridgehead atoms. The molecule has 1 saturated heterocycles. The van der Waals surface area contributed by atoms with Crippen molar-refractivity contribution in [2.45, 2.75) is 76.6 Å². The maximum Gasteiger partial charge on any atom is 0.258 e. The second-order valence-electron chi connectivity index (χ2n) is 10.1. The molecule has 0 unspecified atom stereocenters. The lowest BCUT2D eigenvalue weighted by molar-refractivity contribution is 0.0853. The minimum Gasteiger partial charge on any atom is -0.381 e. The van der Waals surface area contributed by atoms with Crippen LogP contribution in [0, 0.1) is 5.41 Å². The largest absolute Gasteiger partial charge is 0.381 e. The fourth-order valence-electron chi connectivity index (χ4n) is 4.41. The summed E-state index contributed by atoms with van der Waals surface area (Å²) in [6.45, 7) is 8.40. The van der Waals surface area contributed by atoms with Crippen LogP contribution in [0.25, 0.3) is 10.9 Å². The Bertz CT molecular complexity index is 1030. The van der Waals surface area contributed by atoms with Crippen LogP contribution in [0.2, 0.25) is 0 Å². The summed E-state index contributed by atoms with van der Waals surface area (Å²) in [6.07, 6.45) is 1.84. The molecule has 0 amide bonds. The second kappa shape index (κ2) is 8.45. The summed E-state index contributed by atoms with van der Waals surface area (Å²) in [5.74, 6) is 0.388. The van der Waals surface area contributed by atoms with Crippen molar-refractivity contribution in [2.75, 3.05) is 13.2 Å². The number of nitrogens with one attached hydrogen (secondary N) is 1. The summed E-state index contributed by atoms with van der Waals surface area (Å²) < 4.78 is 62.9. The minimum atomic E-state index is -3.75. The molecule has 1 atom stereocenters. The number of rotatable bonds is 7. The zero-order chi connectivity index (χ0) is 22.4. The van der Waals surface area contributed by atoms with Crippen LogP contribution in [0.4, 0.5) is 8.78 Å². The molecule has 5 nitrogen and oxygen atoms in total. The molecule has 172 valence electrons. The maximum atomic E-state index is 14.1. The Balaban J connectivity index is 1.78. The van der Waals surface area contributed by atoms with Gasteiger partial charge in [0.05, 0.1) is 5.25 Å². The summed E-state index contributed by atoms with van der Waals surface area (Å²) in [5.41, 5.74) is 2.34. The maximum absolute atomic E-state index is 14.1. The van der Waals surface area contributed by atoms with E-state index in [9.17, 15) is 17.2 Å². The van der Waals surface area contributed by atoms with Crippen LogP contribution >= 0.6 is 0 Å². The van der Waals surface area contributed by atoms with Crippen LogP contribution in [-0.2, 0) is 21.3 Å². The highest BCUT2D eigenvalue weighted by Gasteiger charge is 2.40. The molecular weight excluding hydrogens is 422 g/mol. The predicted octanol–water partition coefficient (Wildman–Crippen LogP) is 4.97. The Morgan fingerprint density at radius 1 is 1.16 bits per heavy atom. The molecule has 1 aliphatic carbocycles. The zero-order valence-electron chi connectivity index (χ0n) is 18.4. The average molecular weight is 455 g/mol. The normalized spacial score (nSPS) is 19.9. The third kappa shape index (κ3) is 5.12. The molecule has 2 aliphatic rings. The SMILES string of the molecule is CC(C)(C)Cn1cc([C@H](NS(=O)(=O)C2CC2)C(F)F)c2ccc(C3CCOCC3)cc21. The Hall–Kier alpha value is -1.51. The van der Waals surface area contributed by atoms with Gasteiger partial charge < -0.3 is 9.30 Å². The zero-order valence-corrected chi connectivity index (χ0v) is 19.2. The Morgan fingerprint density at radius 2 is 1.84 bits per heavy atom. The van der Waals surface area contributed by atoms with Gasteiger partial charge in [0.25, 0.3) is 6.43 Å². The van der Waals surface area contributed by atoms with Gasteiger partial charge in [-0.2, -0.15) is 0 Å². The highest BCUT2D eigenvalue weighted by Crippen LogP contribution is 2.37. The van der Waals surface area contributed by atoms with Crippen LogP contribution in [0.15, 0.2) is 24.4 Å². The van der Waals surface area contributed by atoms with Gasteiger partial charge in [0, 0.05) is 42.4 Å². The number of aromatic nitrogens is 1. The number of hydrogen-bond acceptors (Lipinski definition) is 3. The highest BCUT2D eigenvalue weighted by molar-refractivity contribution is 7.90. The lowest BCUT2D eigenvalue weighted by Crippen LogP contribution is -2.35. The van der Waals surface area contributed by atoms with Crippen LogP contribution in [-0.4, -0.2) is 37.9 Å². The number of sulfonamides is 1.